The molecule has 1 aliphatic rings. The molecular weight excluding hydrogens is 649 g/mol. The lowest BCUT2D eigenvalue weighted by Gasteiger charge is -2.42. The second-order valence-corrected chi connectivity index (χ2v) is 28.6. The summed E-state index contributed by atoms with van der Waals surface area (Å²) in [6.45, 7) is 24.9. The Bertz CT molecular complexity index is 1340. The number of nitrogens with zero attached hydrogens (tertiary/aromatic N) is 1. The molecule has 0 aromatic heterocycles. The summed E-state index contributed by atoms with van der Waals surface area (Å²) >= 11 is 0. The van der Waals surface area contributed by atoms with Crippen LogP contribution in [-0.2, 0) is 18.7 Å². The van der Waals surface area contributed by atoms with Crippen LogP contribution in [0, 0.1) is 17.2 Å². The van der Waals surface area contributed by atoms with Gasteiger partial charge in [-0.15, -0.1) is 0 Å². The highest BCUT2D eigenvalue weighted by molar-refractivity contribution is 7.93. The molecule has 5 atom stereocenters. The van der Waals surface area contributed by atoms with Crippen LogP contribution in [0.2, 0.25) is 36.3 Å². The molecule has 0 radical (unpaired) electrons. The number of allylic oxidation sites excluding steroid dienone is 2. The van der Waals surface area contributed by atoms with E-state index in [9.17, 15) is 0 Å². The Morgan fingerprint density at radius 1 is 1.00 bits per heavy atom. The Balaban J connectivity index is 2.85. The number of hydrogen-bond donors (Lipinski definition) is 1. The first-order valence-corrected chi connectivity index (χ1v) is 25.5. The van der Waals surface area contributed by atoms with Crippen molar-refractivity contribution in [2.24, 2.45) is 5.92 Å². The molecule has 0 heterocycles. The summed E-state index contributed by atoms with van der Waals surface area (Å²) in [4.78, 5) is 0.339. The second-order valence-electron chi connectivity index (χ2n) is 16.8. The van der Waals surface area contributed by atoms with Crippen LogP contribution in [0.3, 0.4) is 0 Å². The van der Waals surface area contributed by atoms with Crippen LogP contribution in [0.1, 0.15) is 106 Å². The van der Waals surface area contributed by atoms with E-state index in [1.807, 2.05) is 31.3 Å². The summed E-state index contributed by atoms with van der Waals surface area (Å²) in [5, 5.41) is 12.6. The molecule has 48 heavy (non-hydrogen) atoms. The van der Waals surface area contributed by atoms with Crippen molar-refractivity contribution in [1.29, 1.82) is 5.26 Å². The fourth-order valence-corrected chi connectivity index (χ4v) is 11.4. The van der Waals surface area contributed by atoms with Gasteiger partial charge in [0, 0.05) is 18.4 Å². The van der Waals surface area contributed by atoms with Gasteiger partial charge >= 0.3 is 0 Å². The molecule has 0 spiro atoms. The average molecular weight is 717 g/mol. The van der Waals surface area contributed by atoms with Gasteiger partial charge < -0.3 is 14.2 Å². The third-order valence-electron chi connectivity index (χ3n) is 11.3. The Labute approximate surface area is 297 Å². The number of hydrogen-bond acceptors (Lipinski definition) is 6. The van der Waals surface area contributed by atoms with E-state index in [2.05, 4.69) is 104 Å². The molecule has 1 aliphatic carbocycles. The van der Waals surface area contributed by atoms with Crippen molar-refractivity contribution in [2.45, 2.75) is 170 Å². The molecule has 1 N–H and O–H groups in total. The standard InChI is InChI=1S/C39H68N2O4SSi2/c1-13-14-19-24-32(44-47(9,10)37(2,3)4)27-28-34-35(45-48(11,12)38(5,6)7)31-36(41-8)39(34,29-22-16-15-17-23-30-40)46(42,43)33-25-20-18-21-26-33/h16,18,20-22,25-28,32,34-36,41H,13-15,17,19,23-24,29,31H2,1-12H3/b22-16-,28-27+/t32-,34-,35+,36-,39+/m0/s1. The lowest BCUT2D eigenvalue weighted by Crippen LogP contribution is -2.55. The molecule has 1 aromatic rings. The van der Waals surface area contributed by atoms with E-state index in [-0.39, 0.29) is 28.3 Å². The van der Waals surface area contributed by atoms with Crippen molar-refractivity contribution >= 4 is 26.5 Å². The Morgan fingerprint density at radius 2 is 1.62 bits per heavy atom. The quantitative estimate of drug-likeness (QED) is 0.0924. The zero-order valence-electron chi connectivity index (χ0n) is 32.4. The summed E-state index contributed by atoms with van der Waals surface area (Å²) in [6.07, 6.45) is 15.3. The first-order valence-electron chi connectivity index (χ1n) is 18.2. The van der Waals surface area contributed by atoms with Crippen LogP contribution in [0.25, 0.3) is 0 Å². The van der Waals surface area contributed by atoms with Crippen LogP contribution in [0.4, 0.5) is 0 Å². The van der Waals surface area contributed by atoms with Gasteiger partial charge in [0.1, 0.15) is 4.75 Å². The smallest absolute Gasteiger partial charge is 0.192 e. The molecule has 0 aliphatic heterocycles. The fraction of sp³-hybridized carbons (Fsp3) is 0.718. The monoisotopic (exact) mass is 716 g/mol. The molecule has 1 saturated carbocycles. The van der Waals surface area contributed by atoms with Crippen molar-refractivity contribution in [2.75, 3.05) is 7.05 Å². The van der Waals surface area contributed by atoms with Gasteiger partial charge in [-0.05, 0) is 87.5 Å². The van der Waals surface area contributed by atoms with Crippen molar-refractivity contribution < 1.29 is 17.3 Å². The van der Waals surface area contributed by atoms with E-state index >= 15 is 8.42 Å². The summed E-state index contributed by atoms with van der Waals surface area (Å²) in [5.41, 5.74) is 0. The molecule has 0 bridgehead atoms. The minimum atomic E-state index is -3.87. The lowest BCUT2D eigenvalue weighted by atomic mass is 9.87. The normalized spacial score (nSPS) is 23.6. The van der Waals surface area contributed by atoms with Gasteiger partial charge in [0.25, 0.3) is 0 Å². The molecule has 2 rings (SSSR count). The van der Waals surface area contributed by atoms with Crippen LogP contribution >= 0.6 is 0 Å². The molecule has 0 unspecified atom stereocenters. The van der Waals surface area contributed by atoms with E-state index in [0.29, 0.717) is 24.2 Å². The van der Waals surface area contributed by atoms with Gasteiger partial charge in [-0.2, -0.15) is 5.26 Å². The predicted molar refractivity (Wildman–Crippen MR) is 208 cm³/mol. The fourth-order valence-electron chi connectivity index (χ4n) is 6.30. The minimum Gasteiger partial charge on any atom is -0.413 e. The maximum atomic E-state index is 15.2. The third kappa shape index (κ3) is 10.3. The number of sulfone groups is 1. The molecular formula is C39H68N2O4SSi2. The van der Waals surface area contributed by atoms with Gasteiger partial charge in [-0.1, -0.05) is 110 Å². The van der Waals surface area contributed by atoms with Crippen LogP contribution < -0.4 is 5.32 Å². The van der Waals surface area contributed by atoms with Crippen molar-refractivity contribution in [1.82, 2.24) is 5.32 Å². The average Bonchev–Trinajstić information content (AvgIpc) is 3.29. The number of nitrogens with one attached hydrogen (secondary N) is 1. The van der Waals surface area contributed by atoms with E-state index in [1.165, 1.54) is 0 Å². The van der Waals surface area contributed by atoms with Gasteiger partial charge in [0.05, 0.1) is 23.2 Å². The van der Waals surface area contributed by atoms with Gasteiger partial charge in [-0.3, -0.25) is 0 Å². The molecule has 0 amide bonds. The summed E-state index contributed by atoms with van der Waals surface area (Å²) in [5.74, 6) is -0.408. The zero-order chi connectivity index (χ0) is 36.4. The molecule has 1 fully saturated rings. The number of rotatable bonds is 18. The maximum Gasteiger partial charge on any atom is 0.192 e. The number of nitriles is 1. The molecule has 6 nitrogen and oxygen atoms in total. The van der Waals surface area contributed by atoms with Crippen molar-refractivity contribution in [3.63, 3.8) is 0 Å². The Kier molecular flexibility index (Phi) is 15.6. The SMILES string of the molecule is CCCCC[C@@H](/C=C/[C@H]1[C@H](O[Si](C)(C)C(C)(C)C)C[C@H](NC)[C@]1(C/C=C\CCCC#N)S(=O)(=O)c1ccccc1)O[Si](C)(C)C(C)(C)C. The number of unbranched alkanes of at least 4 members (excludes halogenated alkanes) is 4. The van der Waals surface area contributed by atoms with E-state index in [4.69, 9.17) is 14.1 Å². The largest absolute Gasteiger partial charge is 0.413 e. The summed E-state index contributed by atoms with van der Waals surface area (Å²) in [6, 6.07) is 10.8. The van der Waals surface area contributed by atoms with Crippen molar-refractivity contribution in [3.05, 3.63) is 54.6 Å². The highest BCUT2D eigenvalue weighted by atomic mass is 32.2. The van der Waals surface area contributed by atoms with E-state index in [1.54, 1.807) is 12.1 Å². The van der Waals surface area contributed by atoms with Crippen LogP contribution in [0.15, 0.2) is 59.5 Å². The molecule has 1 aromatic carbocycles. The topological polar surface area (TPSA) is 88.4 Å². The second kappa shape index (κ2) is 17.6. The number of benzene rings is 1. The van der Waals surface area contributed by atoms with E-state index < -0.39 is 37.1 Å². The molecule has 0 saturated heterocycles. The predicted octanol–water partition coefficient (Wildman–Crippen LogP) is 10.4. The highest BCUT2D eigenvalue weighted by Crippen LogP contribution is 2.52. The first kappa shape index (κ1) is 42.6. The molecule has 9 heteroatoms. The lowest BCUT2D eigenvalue weighted by molar-refractivity contribution is 0.150. The summed E-state index contributed by atoms with van der Waals surface area (Å²) < 4.78 is 43.5. The van der Waals surface area contributed by atoms with E-state index in [0.717, 1.165) is 38.5 Å². The molecule has 272 valence electrons. The Hall–Kier alpha value is -1.55. The highest BCUT2D eigenvalue weighted by Gasteiger charge is 2.62. The maximum absolute atomic E-state index is 15.2. The van der Waals surface area contributed by atoms with Gasteiger partial charge in [0.2, 0.25) is 0 Å². The van der Waals surface area contributed by atoms with Gasteiger partial charge in [0.15, 0.2) is 26.5 Å². The Morgan fingerprint density at radius 3 is 2.17 bits per heavy atom. The van der Waals surface area contributed by atoms with Crippen molar-refractivity contribution in [3.8, 4) is 6.07 Å². The van der Waals surface area contributed by atoms with Crippen LogP contribution in [-0.4, -0.2) is 55.1 Å². The minimum absolute atomic E-state index is 0.0330. The first-order chi connectivity index (χ1) is 22.2. The van der Waals surface area contributed by atoms with Crippen LogP contribution in [0.5, 0.6) is 0 Å². The zero-order valence-corrected chi connectivity index (χ0v) is 35.2. The van der Waals surface area contributed by atoms with Gasteiger partial charge in [-0.25, -0.2) is 8.42 Å². The third-order valence-corrected chi connectivity index (χ3v) is 22.9. The summed E-state index contributed by atoms with van der Waals surface area (Å²) in [7, 11) is -6.37.